The van der Waals surface area contributed by atoms with E-state index in [0.717, 1.165) is 35.5 Å². The molecule has 0 heterocycles. The van der Waals surface area contributed by atoms with E-state index in [2.05, 4.69) is 25.6 Å². The lowest BCUT2D eigenvalue weighted by molar-refractivity contribution is 0.284. The van der Waals surface area contributed by atoms with Gasteiger partial charge in [0.2, 0.25) is 0 Å². The van der Waals surface area contributed by atoms with Crippen molar-refractivity contribution in [2.75, 3.05) is 5.75 Å². The van der Waals surface area contributed by atoms with Gasteiger partial charge >= 0.3 is 0 Å². The molecule has 1 aromatic rings. The predicted octanol–water partition coefficient (Wildman–Crippen LogP) is 6.45. The van der Waals surface area contributed by atoms with Crippen molar-refractivity contribution >= 4 is 33.6 Å². The first-order valence-corrected chi connectivity index (χ1v) is 10.9. The average molecular weight is 363 g/mol. The van der Waals surface area contributed by atoms with Crippen LogP contribution in [0.15, 0.2) is 30.3 Å². The topological polar surface area (TPSA) is 47.7 Å². The monoisotopic (exact) mass is 362 g/mol. The summed E-state index contributed by atoms with van der Waals surface area (Å²) in [5.41, 5.74) is 0.912. The van der Waals surface area contributed by atoms with Crippen LogP contribution in [0.2, 0.25) is 0 Å². The maximum absolute atomic E-state index is 8.16. The molecule has 132 valence electrons. The van der Waals surface area contributed by atoms with Crippen molar-refractivity contribution in [1.29, 1.82) is 10.8 Å². The smallest absolute Gasteiger partial charge is 0.100 e. The number of hydrogen-bond donors (Lipinski definition) is 2. The van der Waals surface area contributed by atoms with E-state index in [0.29, 0.717) is 10.1 Å². The Morgan fingerprint density at radius 1 is 1.04 bits per heavy atom. The molecular weight excluding hydrogens is 332 g/mol. The van der Waals surface area contributed by atoms with Gasteiger partial charge in [0.25, 0.3) is 0 Å². The third-order valence-corrected chi connectivity index (χ3v) is 6.89. The fourth-order valence-corrected chi connectivity index (χ4v) is 4.88. The zero-order chi connectivity index (χ0) is 17.4. The summed E-state index contributed by atoms with van der Waals surface area (Å²) in [5.74, 6) is 3.02. The maximum atomic E-state index is 8.16. The molecule has 0 bridgehead atoms. The highest BCUT2D eigenvalue weighted by Gasteiger charge is 2.21. The second-order valence-corrected chi connectivity index (χ2v) is 9.74. The summed E-state index contributed by atoms with van der Waals surface area (Å²) in [6.07, 6.45) is 7.35. The zero-order valence-corrected chi connectivity index (χ0v) is 16.5. The van der Waals surface area contributed by atoms with E-state index < -0.39 is 0 Å². The van der Waals surface area contributed by atoms with Crippen LogP contribution in [-0.4, -0.2) is 21.1 Å². The Hall–Kier alpha value is -0.740. The normalized spacial score (nSPS) is 21.0. The number of hydrogen-bond acceptors (Lipinski definition) is 4. The first kappa shape index (κ1) is 19.6. The van der Waals surface area contributed by atoms with Crippen LogP contribution < -0.4 is 0 Å². The van der Waals surface area contributed by atoms with Crippen molar-refractivity contribution in [3.63, 3.8) is 0 Å². The molecule has 0 spiro atoms. The minimum atomic E-state index is 0.495. The van der Waals surface area contributed by atoms with Crippen LogP contribution in [0, 0.1) is 22.7 Å². The molecule has 0 aliphatic heterocycles. The number of thioether (sulfide) groups is 2. The van der Waals surface area contributed by atoms with Crippen LogP contribution in [0.5, 0.6) is 0 Å². The van der Waals surface area contributed by atoms with Crippen LogP contribution in [0.1, 0.15) is 57.9 Å². The Balaban J connectivity index is 1.63. The van der Waals surface area contributed by atoms with Gasteiger partial charge in [-0.1, -0.05) is 68.8 Å². The molecule has 0 amide bonds. The van der Waals surface area contributed by atoms with Crippen molar-refractivity contribution in [3.05, 3.63) is 35.9 Å². The Morgan fingerprint density at radius 3 is 2.29 bits per heavy atom. The van der Waals surface area contributed by atoms with Gasteiger partial charge in [-0.15, -0.1) is 0 Å². The maximum Gasteiger partial charge on any atom is 0.100 e. The van der Waals surface area contributed by atoms with Gasteiger partial charge in [0.05, 0.1) is 5.04 Å². The minimum absolute atomic E-state index is 0.495. The fraction of sp³-hybridized carbons (Fsp3) is 0.600. The molecule has 1 saturated carbocycles. The largest absolute Gasteiger partial charge is 0.298 e. The van der Waals surface area contributed by atoms with E-state index >= 15 is 0 Å². The zero-order valence-electron chi connectivity index (χ0n) is 14.9. The van der Waals surface area contributed by atoms with Crippen LogP contribution in [0.25, 0.3) is 0 Å². The van der Waals surface area contributed by atoms with E-state index in [1.54, 1.807) is 0 Å². The standard InChI is InChI=1S/C20H30N2S2/c1-15(2)23-14-17-10-8-16(9-11-17)12-13-19(21)24-20(22)18-6-4-3-5-7-18/h3-7,15-17,21-22H,8-14H2,1-2H3. The first-order valence-electron chi connectivity index (χ1n) is 9.05. The van der Waals surface area contributed by atoms with Crippen LogP contribution in [-0.2, 0) is 0 Å². The molecule has 0 atom stereocenters. The summed E-state index contributed by atoms with van der Waals surface area (Å²) >= 11 is 3.42. The molecule has 4 heteroatoms. The van der Waals surface area contributed by atoms with E-state index in [4.69, 9.17) is 10.8 Å². The second kappa shape index (κ2) is 10.3. The molecular formula is C20H30N2S2. The molecule has 0 unspecified atom stereocenters. The predicted molar refractivity (Wildman–Crippen MR) is 111 cm³/mol. The Labute approximate surface area is 155 Å². The molecule has 2 nitrogen and oxygen atoms in total. The molecule has 1 fully saturated rings. The van der Waals surface area contributed by atoms with Gasteiger partial charge in [-0.2, -0.15) is 11.8 Å². The molecule has 1 aliphatic rings. The number of nitrogens with one attached hydrogen (secondary N) is 2. The third-order valence-electron chi connectivity index (χ3n) is 4.67. The quantitative estimate of drug-likeness (QED) is 0.432. The summed E-state index contributed by atoms with van der Waals surface area (Å²) < 4.78 is 0. The highest BCUT2D eigenvalue weighted by molar-refractivity contribution is 8.26. The van der Waals surface area contributed by atoms with Crippen molar-refractivity contribution < 1.29 is 0 Å². The van der Waals surface area contributed by atoms with Crippen molar-refractivity contribution in [2.24, 2.45) is 11.8 Å². The fourth-order valence-electron chi connectivity index (χ4n) is 3.17. The average Bonchev–Trinajstić information content (AvgIpc) is 2.59. The Kier molecular flexibility index (Phi) is 8.40. The van der Waals surface area contributed by atoms with Crippen LogP contribution in [0.3, 0.4) is 0 Å². The highest BCUT2D eigenvalue weighted by Crippen LogP contribution is 2.34. The van der Waals surface area contributed by atoms with E-state index in [-0.39, 0.29) is 0 Å². The lowest BCUT2D eigenvalue weighted by atomic mass is 9.81. The van der Waals surface area contributed by atoms with Crippen LogP contribution in [0.4, 0.5) is 0 Å². The third kappa shape index (κ3) is 7.02. The molecule has 1 aliphatic carbocycles. The van der Waals surface area contributed by atoms with Gasteiger partial charge in [-0.3, -0.25) is 10.8 Å². The van der Waals surface area contributed by atoms with Gasteiger partial charge in [0, 0.05) is 5.56 Å². The van der Waals surface area contributed by atoms with Crippen molar-refractivity contribution in [3.8, 4) is 0 Å². The van der Waals surface area contributed by atoms with Gasteiger partial charge in [0.15, 0.2) is 0 Å². The van der Waals surface area contributed by atoms with E-state index in [1.165, 1.54) is 43.2 Å². The Bertz CT molecular complexity index is 520. The molecule has 0 radical (unpaired) electrons. The second-order valence-electron chi connectivity index (χ2n) is 7.03. The highest BCUT2D eigenvalue weighted by atomic mass is 32.2. The van der Waals surface area contributed by atoms with E-state index in [9.17, 15) is 0 Å². The van der Waals surface area contributed by atoms with Gasteiger partial charge in [-0.25, -0.2) is 0 Å². The molecule has 2 N–H and O–H groups in total. The Morgan fingerprint density at radius 2 is 1.67 bits per heavy atom. The SMILES string of the molecule is CC(C)SCC1CCC(CCC(=N)SC(=N)c2ccccc2)CC1. The molecule has 24 heavy (non-hydrogen) atoms. The number of benzene rings is 1. The molecule has 0 saturated heterocycles. The molecule has 0 aromatic heterocycles. The summed E-state index contributed by atoms with van der Waals surface area (Å²) in [5, 5.41) is 18.2. The van der Waals surface area contributed by atoms with E-state index in [1.807, 2.05) is 30.3 Å². The summed E-state index contributed by atoms with van der Waals surface area (Å²) in [6.45, 7) is 4.57. The molecule has 1 aromatic carbocycles. The number of rotatable bonds is 7. The summed E-state index contributed by atoms with van der Waals surface area (Å²) in [6, 6.07) is 9.75. The van der Waals surface area contributed by atoms with Gasteiger partial charge in [-0.05, 0) is 48.5 Å². The van der Waals surface area contributed by atoms with Gasteiger partial charge in [0.1, 0.15) is 5.04 Å². The summed E-state index contributed by atoms with van der Waals surface area (Å²) in [4.78, 5) is 0. The summed E-state index contributed by atoms with van der Waals surface area (Å²) in [7, 11) is 0. The molecule has 2 rings (SSSR count). The van der Waals surface area contributed by atoms with Crippen molar-refractivity contribution in [2.45, 2.75) is 57.6 Å². The van der Waals surface area contributed by atoms with Crippen molar-refractivity contribution in [1.82, 2.24) is 0 Å². The van der Waals surface area contributed by atoms with Gasteiger partial charge < -0.3 is 0 Å². The minimum Gasteiger partial charge on any atom is -0.298 e. The first-order chi connectivity index (χ1) is 11.5. The lowest BCUT2D eigenvalue weighted by Gasteiger charge is -2.28. The lowest BCUT2D eigenvalue weighted by Crippen LogP contribution is -2.17. The van der Waals surface area contributed by atoms with Crippen LogP contribution >= 0.6 is 23.5 Å².